The van der Waals surface area contributed by atoms with E-state index in [-0.39, 0.29) is 12.1 Å². The smallest absolute Gasteiger partial charge is 0.151 e. The van der Waals surface area contributed by atoms with Crippen LogP contribution in [0, 0.1) is 5.92 Å². The number of benzene rings is 2. The molecule has 0 bridgehead atoms. The molecule has 0 aliphatic carbocycles. The lowest BCUT2D eigenvalue weighted by Gasteiger charge is -2.28. The maximum atomic E-state index is 11.8. The first kappa shape index (κ1) is 18.6. The highest BCUT2D eigenvalue weighted by molar-refractivity contribution is 7.91. The zero-order chi connectivity index (χ0) is 18.9. The van der Waals surface area contributed by atoms with Crippen molar-refractivity contribution in [1.82, 2.24) is 15.8 Å². The van der Waals surface area contributed by atoms with Crippen molar-refractivity contribution in [1.29, 1.82) is 0 Å². The molecule has 6 heteroatoms. The first-order valence-electron chi connectivity index (χ1n) is 9.56. The van der Waals surface area contributed by atoms with Crippen LogP contribution in [0.1, 0.15) is 18.0 Å². The second kappa shape index (κ2) is 7.72. The van der Waals surface area contributed by atoms with Crippen LogP contribution in [0.25, 0.3) is 11.1 Å². The fraction of sp³-hybridized carbons (Fsp3) is 0.429. The summed E-state index contributed by atoms with van der Waals surface area (Å²) in [5.74, 6) is 1.03. The molecule has 2 fully saturated rings. The maximum Gasteiger partial charge on any atom is 0.151 e. The van der Waals surface area contributed by atoms with Crippen molar-refractivity contribution in [2.75, 3.05) is 31.6 Å². The van der Waals surface area contributed by atoms with Crippen LogP contribution in [-0.2, 0) is 9.84 Å². The van der Waals surface area contributed by atoms with Crippen molar-refractivity contribution < 1.29 is 8.42 Å². The molecule has 5 nitrogen and oxygen atoms in total. The topological polar surface area (TPSA) is 61.4 Å². The van der Waals surface area contributed by atoms with Crippen LogP contribution in [-0.4, -0.2) is 51.0 Å². The molecule has 27 heavy (non-hydrogen) atoms. The van der Waals surface area contributed by atoms with E-state index in [4.69, 9.17) is 0 Å². The Morgan fingerprint density at radius 1 is 1.04 bits per heavy atom. The van der Waals surface area contributed by atoms with Crippen molar-refractivity contribution >= 4 is 9.84 Å². The molecule has 144 valence electrons. The first-order chi connectivity index (χ1) is 13.0. The molecule has 0 amide bonds. The van der Waals surface area contributed by atoms with E-state index in [0.717, 1.165) is 19.5 Å². The van der Waals surface area contributed by atoms with E-state index >= 15 is 0 Å². The third-order valence-corrected chi connectivity index (χ3v) is 7.57. The van der Waals surface area contributed by atoms with Gasteiger partial charge in [-0.1, -0.05) is 54.6 Å². The maximum absolute atomic E-state index is 11.8. The monoisotopic (exact) mass is 385 g/mol. The summed E-state index contributed by atoms with van der Waals surface area (Å²) < 4.78 is 23.5. The van der Waals surface area contributed by atoms with Crippen LogP contribution in [0.5, 0.6) is 0 Å². The highest BCUT2D eigenvalue weighted by Crippen LogP contribution is 2.29. The quantitative estimate of drug-likeness (QED) is 0.827. The van der Waals surface area contributed by atoms with Crippen molar-refractivity contribution in [3.63, 3.8) is 0 Å². The Balaban J connectivity index is 1.44. The minimum absolute atomic E-state index is 0.150. The number of hydrogen-bond acceptors (Lipinski definition) is 5. The number of hydrazine groups is 1. The molecule has 4 rings (SSSR count). The minimum atomic E-state index is -2.84. The molecule has 2 aliphatic heterocycles. The second-order valence-electron chi connectivity index (χ2n) is 7.75. The molecule has 2 heterocycles. The van der Waals surface area contributed by atoms with Gasteiger partial charge >= 0.3 is 0 Å². The summed E-state index contributed by atoms with van der Waals surface area (Å²) in [6.45, 7) is 1.76. The molecule has 0 spiro atoms. The van der Waals surface area contributed by atoms with Gasteiger partial charge in [0.1, 0.15) is 0 Å². The Labute approximate surface area is 161 Å². The van der Waals surface area contributed by atoms with Crippen LogP contribution in [0.15, 0.2) is 54.6 Å². The lowest BCUT2D eigenvalue weighted by molar-refractivity contribution is 0.217. The Morgan fingerprint density at radius 3 is 2.41 bits per heavy atom. The van der Waals surface area contributed by atoms with E-state index in [9.17, 15) is 8.42 Å². The van der Waals surface area contributed by atoms with E-state index in [1.165, 1.54) is 16.7 Å². The molecule has 2 aromatic carbocycles. The minimum Gasteiger partial charge on any atom is -0.302 e. The van der Waals surface area contributed by atoms with Crippen molar-refractivity contribution in [3.05, 3.63) is 60.2 Å². The van der Waals surface area contributed by atoms with Crippen LogP contribution in [0.2, 0.25) is 0 Å². The number of hydrogen-bond donors (Lipinski definition) is 2. The zero-order valence-electron chi connectivity index (χ0n) is 15.6. The zero-order valence-corrected chi connectivity index (χ0v) is 16.5. The molecule has 2 N–H and O–H groups in total. The fourth-order valence-electron chi connectivity index (χ4n) is 4.22. The summed E-state index contributed by atoms with van der Waals surface area (Å²) in [4.78, 5) is 2.23. The lowest BCUT2D eigenvalue weighted by atomic mass is 9.92. The molecule has 0 aromatic heterocycles. The Bertz CT molecular complexity index is 868. The van der Waals surface area contributed by atoms with Gasteiger partial charge in [0.2, 0.25) is 0 Å². The molecular formula is C21H27N3O2S. The first-order valence-corrected chi connectivity index (χ1v) is 11.4. The van der Waals surface area contributed by atoms with E-state index in [1.807, 2.05) is 6.07 Å². The van der Waals surface area contributed by atoms with Crippen LogP contribution < -0.4 is 10.9 Å². The van der Waals surface area contributed by atoms with Gasteiger partial charge in [0, 0.05) is 25.0 Å². The van der Waals surface area contributed by atoms with Crippen molar-refractivity contribution in [3.8, 4) is 11.1 Å². The third kappa shape index (κ3) is 4.24. The van der Waals surface area contributed by atoms with E-state index in [1.54, 1.807) is 0 Å². The van der Waals surface area contributed by atoms with Gasteiger partial charge in [-0.15, -0.1) is 0 Å². The fourth-order valence-corrected chi connectivity index (χ4v) is 6.02. The number of nitrogens with zero attached hydrogens (tertiary/aromatic N) is 1. The second-order valence-corrected chi connectivity index (χ2v) is 9.98. The molecule has 2 aliphatic rings. The lowest BCUT2D eigenvalue weighted by Crippen LogP contribution is -2.38. The summed E-state index contributed by atoms with van der Waals surface area (Å²) in [5, 5.41) is 0. The summed E-state index contributed by atoms with van der Waals surface area (Å²) in [7, 11) is -0.789. The molecule has 3 atom stereocenters. The van der Waals surface area contributed by atoms with E-state index < -0.39 is 9.84 Å². The summed E-state index contributed by atoms with van der Waals surface area (Å²) in [6.07, 6.45) is 0.753. The van der Waals surface area contributed by atoms with Crippen LogP contribution in [0.3, 0.4) is 0 Å². The molecule has 2 saturated heterocycles. The highest BCUT2D eigenvalue weighted by Gasteiger charge is 2.34. The van der Waals surface area contributed by atoms with E-state index in [0.29, 0.717) is 17.4 Å². The third-order valence-electron chi connectivity index (χ3n) is 5.82. The number of rotatable bonds is 5. The van der Waals surface area contributed by atoms with Gasteiger partial charge in [0.05, 0.1) is 17.5 Å². The predicted octanol–water partition coefficient (Wildman–Crippen LogP) is 2.24. The van der Waals surface area contributed by atoms with Gasteiger partial charge in [0.15, 0.2) is 9.84 Å². The summed E-state index contributed by atoms with van der Waals surface area (Å²) in [6, 6.07) is 19.5. The average Bonchev–Trinajstić information content (AvgIpc) is 3.28. The van der Waals surface area contributed by atoms with Crippen LogP contribution >= 0.6 is 0 Å². The van der Waals surface area contributed by atoms with Gasteiger partial charge in [-0.25, -0.2) is 13.8 Å². The molecule has 0 radical (unpaired) electrons. The van der Waals surface area contributed by atoms with Crippen molar-refractivity contribution in [2.45, 2.75) is 18.5 Å². The standard InChI is InChI=1S/C21H27N3O2S/c1-24(20-11-12-27(25,26)15-20)14-19-13-22-23-21(19)18-9-7-17(8-10-18)16-5-3-2-4-6-16/h2-10,19-23H,11-15H2,1H3. The van der Waals surface area contributed by atoms with E-state index in [2.05, 4.69) is 71.3 Å². The van der Waals surface area contributed by atoms with Gasteiger partial charge in [-0.3, -0.25) is 5.43 Å². The number of sulfone groups is 1. The average molecular weight is 386 g/mol. The Hall–Kier alpha value is -1.73. The van der Waals surface area contributed by atoms with Gasteiger partial charge < -0.3 is 4.90 Å². The molecule has 0 saturated carbocycles. The largest absolute Gasteiger partial charge is 0.302 e. The summed E-state index contributed by atoms with van der Waals surface area (Å²) >= 11 is 0. The Kier molecular flexibility index (Phi) is 5.32. The van der Waals surface area contributed by atoms with Gasteiger partial charge in [-0.2, -0.15) is 0 Å². The van der Waals surface area contributed by atoms with Gasteiger partial charge in [-0.05, 0) is 30.2 Å². The van der Waals surface area contributed by atoms with Crippen LogP contribution in [0.4, 0.5) is 0 Å². The molecule has 3 unspecified atom stereocenters. The molecular weight excluding hydrogens is 358 g/mol. The Morgan fingerprint density at radius 2 is 1.74 bits per heavy atom. The highest BCUT2D eigenvalue weighted by atomic mass is 32.2. The number of nitrogens with one attached hydrogen (secondary N) is 2. The normalized spacial score (nSPS) is 27.3. The molecule has 2 aromatic rings. The van der Waals surface area contributed by atoms with Crippen molar-refractivity contribution in [2.24, 2.45) is 5.92 Å². The predicted molar refractivity (Wildman–Crippen MR) is 109 cm³/mol. The van der Waals surface area contributed by atoms with Gasteiger partial charge in [0.25, 0.3) is 0 Å². The summed E-state index contributed by atoms with van der Waals surface area (Å²) in [5.41, 5.74) is 10.4. The SMILES string of the molecule is CN(CC1CNNC1c1ccc(-c2ccccc2)cc1)C1CCS(=O)(=O)C1.